The highest BCUT2D eigenvalue weighted by Gasteiger charge is 2.21. The van der Waals surface area contributed by atoms with E-state index in [4.69, 9.17) is 29.6 Å². The molecule has 434 valence electrons. The molecule has 1 heterocycles. The van der Waals surface area contributed by atoms with Crippen molar-refractivity contribution in [2.75, 3.05) is 13.1 Å². The third-order valence-corrected chi connectivity index (χ3v) is 14.5. The first-order valence-corrected chi connectivity index (χ1v) is 30.7. The molecular formula is C70H108BrClFN5. The van der Waals surface area contributed by atoms with E-state index in [0.29, 0.717) is 48.0 Å². The van der Waals surface area contributed by atoms with E-state index in [2.05, 4.69) is 183 Å². The molecular weight excluding hydrogens is 1050 g/mol. The summed E-state index contributed by atoms with van der Waals surface area (Å²) in [7, 11) is 0. The van der Waals surface area contributed by atoms with Crippen molar-refractivity contribution >= 4 is 33.2 Å². The van der Waals surface area contributed by atoms with E-state index in [0.717, 1.165) is 60.3 Å². The van der Waals surface area contributed by atoms with Crippen LogP contribution in [0, 0.1) is 55.8 Å². The van der Waals surface area contributed by atoms with Gasteiger partial charge in [-0.25, -0.2) is 9.24 Å². The van der Waals surface area contributed by atoms with E-state index in [9.17, 15) is 4.39 Å². The SMILES string of the molecule is CC(C)Cc1ccccc1Br.CC(C)Cc1ccccc1Cl.CC(C)N1CCCC(N)C1.CC(C)NC1CCCCC1N.Cc1ccc(F)cc1CC(C)C.Cc1ccccc1CC(C)C.[C-]#[N+]c1ccccc1CC(C)C. The first-order valence-electron chi connectivity index (χ1n) is 29.6. The normalized spacial score (nSPS) is 16.0. The summed E-state index contributed by atoms with van der Waals surface area (Å²) in [6.07, 6.45) is 13.0. The minimum absolute atomic E-state index is 0.128. The number of aryl methyl sites for hydroxylation is 2. The van der Waals surface area contributed by atoms with Crippen LogP contribution in [0.5, 0.6) is 0 Å². The molecule has 2 fully saturated rings. The van der Waals surface area contributed by atoms with Gasteiger partial charge in [0, 0.05) is 46.2 Å². The van der Waals surface area contributed by atoms with Crippen LogP contribution in [0.1, 0.15) is 174 Å². The van der Waals surface area contributed by atoms with Gasteiger partial charge >= 0.3 is 0 Å². The van der Waals surface area contributed by atoms with Crippen LogP contribution >= 0.6 is 27.5 Å². The van der Waals surface area contributed by atoms with Crippen molar-refractivity contribution in [1.29, 1.82) is 0 Å². The molecule has 0 spiro atoms. The molecule has 1 saturated heterocycles. The van der Waals surface area contributed by atoms with Gasteiger partial charge in [-0.2, -0.15) is 0 Å². The third kappa shape index (κ3) is 33.7. The Morgan fingerprint density at radius 3 is 1.54 bits per heavy atom. The summed E-state index contributed by atoms with van der Waals surface area (Å²) >= 11 is 9.49. The molecule has 5 aromatic carbocycles. The van der Waals surface area contributed by atoms with Gasteiger partial charge < -0.3 is 16.8 Å². The van der Waals surface area contributed by atoms with Gasteiger partial charge in [0.05, 0.1) is 6.57 Å². The molecule has 1 aliphatic heterocycles. The lowest BCUT2D eigenvalue weighted by atomic mass is 9.90. The van der Waals surface area contributed by atoms with Gasteiger partial charge in [0.25, 0.3) is 0 Å². The minimum Gasteiger partial charge on any atom is -0.327 e. The minimum atomic E-state index is -0.128. The molecule has 1 saturated carbocycles. The Morgan fingerprint density at radius 1 is 0.577 bits per heavy atom. The van der Waals surface area contributed by atoms with Crippen LogP contribution in [-0.4, -0.2) is 48.2 Å². The fourth-order valence-electron chi connectivity index (χ4n) is 9.32. The molecule has 3 atom stereocenters. The molecule has 8 heteroatoms. The van der Waals surface area contributed by atoms with Crippen LogP contribution in [-0.2, 0) is 32.1 Å². The number of rotatable bonds is 13. The largest absolute Gasteiger partial charge is 0.327 e. The van der Waals surface area contributed by atoms with Crippen LogP contribution in [0.2, 0.25) is 5.02 Å². The maximum absolute atomic E-state index is 12.8. The number of benzene rings is 5. The van der Waals surface area contributed by atoms with Crippen molar-refractivity contribution in [2.24, 2.45) is 41.1 Å². The predicted molar refractivity (Wildman–Crippen MR) is 346 cm³/mol. The fourth-order valence-corrected chi connectivity index (χ4v) is 9.98. The molecule has 2 aliphatic rings. The highest BCUT2D eigenvalue weighted by Crippen LogP contribution is 2.23. The van der Waals surface area contributed by atoms with Crippen molar-refractivity contribution in [2.45, 2.75) is 212 Å². The van der Waals surface area contributed by atoms with Crippen molar-refractivity contribution < 1.29 is 4.39 Å². The highest BCUT2D eigenvalue weighted by atomic mass is 79.9. The lowest BCUT2D eigenvalue weighted by Crippen LogP contribution is -2.49. The second-order valence-corrected chi connectivity index (χ2v) is 25.5. The van der Waals surface area contributed by atoms with Gasteiger partial charge in [-0.3, -0.25) is 4.90 Å². The molecule has 5 aromatic rings. The Labute approximate surface area is 491 Å². The predicted octanol–water partition coefficient (Wildman–Crippen LogP) is 19.2. The summed E-state index contributed by atoms with van der Waals surface area (Å²) in [5.74, 6) is 3.24. The van der Waals surface area contributed by atoms with E-state index >= 15 is 0 Å². The van der Waals surface area contributed by atoms with Crippen LogP contribution in [0.4, 0.5) is 10.1 Å². The Balaban J connectivity index is 0.000000455. The summed E-state index contributed by atoms with van der Waals surface area (Å²) in [5, 5.41) is 4.40. The van der Waals surface area contributed by atoms with Gasteiger partial charge in [0.2, 0.25) is 0 Å². The van der Waals surface area contributed by atoms with E-state index in [1.165, 1.54) is 95.4 Å². The fraction of sp³-hybridized carbons (Fsp3) is 0.557. The third-order valence-electron chi connectivity index (χ3n) is 13.3. The maximum Gasteiger partial charge on any atom is 0.190 e. The van der Waals surface area contributed by atoms with Gasteiger partial charge in [0.1, 0.15) is 5.82 Å². The number of para-hydroxylation sites is 1. The average Bonchev–Trinajstić information content (AvgIpc) is 3.36. The lowest BCUT2D eigenvalue weighted by molar-refractivity contribution is 0.169. The van der Waals surface area contributed by atoms with Crippen molar-refractivity contribution in [1.82, 2.24) is 10.2 Å². The molecule has 1 aliphatic carbocycles. The number of hydrogen-bond donors (Lipinski definition) is 3. The Morgan fingerprint density at radius 2 is 1.04 bits per heavy atom. The molecule has 0 amide bonds. The van der Waals surface area contributed by atoms with Gasteiger partial charge in [0.15, 0.2) is 5.69 Å². The number of nitrogens with one attached hydrogen (secondary N) is 1. The topological polar surface area (TPSA) is 71.7 Å². The van der Waals surface area contributed by atoms with Crippen LogP contribution in [0.3, 0.4) is 0 Å². The zero-order chi connectivity index (χ0) is 58.7. The highest BCUT2D eigenvalue weighted by molar-refractivity contribution is 9.10. The smallest absolute Gasteiger partial charge is 0.190 e. The molecule has 3 unspecified atom stereocenters. The first-order chi connectivity index (χ1) is 36.8. The first kappa shape index (κ1) is 72.1. The van der Waals surface area contributed by atoms with Gasteiger partial charge in [-0.05, 0) is 185 Å². The second kappa shape index (κ2) is 41.2. The van der Waals surface area contributed by atoms with Crippen molar-refractivity contribution in [3.8, 4) is 0 Å². The van der Waals surface area contributed by atoms with Crippen LogP contribution in [0.25, 0.3) is 4.85 Å². The van der Waals surface area contributed by atoms with E-state index in [1.54, 1.807) is 6.07 Å². The Kier molecular flexibility index (Phi) is 38.1. The molecule has 0 bridgehead atoms. The molecule has 78 heavy (non-hydrogen) atoms. The number of piperidine rings is 1. The molecule has 5 N–H and O–H groups in total. The van der Waals surface area contributed by atoms with Gasteiger partial charge in [-0.15, -0.1) is 0 Å². The van der Waals surface area contributed by atoms with Gasteiger partial charge in [-0.1, -0.05) is 214 Å². The molecule has 0 radical (unpaired) electrons. The van der Waals surface area contributed by atoms with Crippen LogP contribution < -0.4 is 16.8 Å². The number of likely N-dealkylation sites (tertiary alicyclic amines) is 1. The Bertz CT molecular complexity index is 2250. The Hall–Kier alpha value is -3.87. The van der Waals surface area contributed by atoms with Crippen molar-refractivity contribution in [3.63, 3.8) is 0 Å². The number of halogens is 3. The summed E-state index contributed by atoms with van der Waals surface area (Å²) in [6, 6.07) is 40.5. The lowest BCUT2D eigenvalue weighted by Gasteiger charge is -2.33. The number of nitrogens with two attached hydrogens (primary N) is 2. The molecule has 0 aromatic heterocycles. The zero-order valence-corrected chi connectivity index (χ0v) is 54.0. The average molecular weight is 1150 g/mol. The quantitative estimate of drug-likeness (QED) is 0.103. The summed E-state index contributed by atoms with van der Waals surface area (Å²) in [6.45, 7) is 44.3. The van der Waals surface area contributed by atoms with Crippen molar-refractivity contribution in [3.05, 3.63) is 181 Å². The van der Waals surface area contributed by atoms with Crippen LogP contribution in [0.15, 0.2) is 120 Å². The number of nitrogens with zero attached hydrogens (tertiary/aromatic N) is 2. The molecule has 7 rings (SSSR count). The second-order valence-electron chi connectivity index (χ2n) is 24.3. The van der Waals surface area contributed by atoms with E-state index in [1.807, 2.05) is 61.5 Å². The van der Waals surface area contributed by atoms with E-state index in [-0.39, 0.29) is 5.82 Å². The zero-order valence-electron chi connectivity index (χ0n) is 51.6. The summed E-state index contributed by atoms with van der Waals surface area (Å²) in [5.41, 5.74) is 21.6. The summed E-state index contributed by atoms with van der Waals surface area (Å²) < 4.78 is 14.0. The summed E-state index contributed by atoms with van der Waals surface area (Å²) in [4.78, 5) is 5.93. The maximum atomic E-state index is 12.8. The monoisotopic (exact) mass is 1150 g/mol. The van der Waals surface area contributed by atoms with E-state index < -0.39 is 0 Å². The molecule has 5 nitrogen and oxygen atoms in total. The number of hydrogen-bond acceptors (Lipinski definition) is 4. The standard InChI is InChI=1S/C11H15F.C11H13N.C11H16.C10H13Br.C10H13Cl.C9H20N2.C8H18N2/c1-8(2)6-10-7-11(12)5-4-9(10)3;1-9(2)8-10-6-4-5-7-11(10)12-3;1-9(2)8-11-7-5-4-6-10(11)3;2*1-8(2)7-9-5-3-4-6-10(9)11;1-7(2)11-9-6-4-3-5-8(9)10;1-7(2)10-5-3-4-8(9)6-10/h4-5,7-8H,6H2,1-3H3;4-7,9H,8H2,1-2H3;4-7,9H,8H2,1-3H3;2*3-6,8H,7H2,1-2H3;7-9,11H,3-6,10H2,1-2H3;7-8H,3-6,9H2,1-2H3.